The molecule has 0 amide bonds. The molecule has 0 N–H and O–H groups in total. The van der Waals surface area contributed by atoms with Crippen molar-refractivity contribution in [3.63, 3.8) is 0 Å². The fraction of sp³-hybridized carbons (Fsp3) is 0.185. The maximum Gasteiger partial charge on any atom is 0.305 e. The third-order valence-corrected chi connectivity index (χ3v) is 8.61. The van der Waals surface area contributed by atoms with Crippen molar-refractivity contribution in [3.05, 3.63) is 106 Å². The average Bonchev–Trinajstić information content (AvgIpc) is 3.43. The van der Waals surface area contributed by atoms with E-state index in [0.717, 1.165) is 27.3 Å². The monoisotopic (exact) mass is 540 g/mol. The van der Waals surface area contributed by atoms with Gasteiger partial charge >= 0.3 is 5.97 Å². The van der Waals surface area contributed by atoms with Crippen LogP contribution in [0.4, 0.5) is 0 Å². The second-order valence-corrected chi connectivity index (χ2v) is 11.4. The van der Waals surface area contributed by atoms with Gasteiger partial charge in [-0.15, -0.1) is 11.3 Å². The molecule has 0 aliphatic heterocycles. The Morgan fingerprint density at radius 3 is 2.31 bits per heavy atom. The summed E-state index contributed by atoms with van der Waals surface area (Å²) in [7, 11) is -2.49. The van der Waals surface area contributed by atoms with Gasteiger partial charge in [0.15, 0.2) is 0 Å². The molecule has 0 spiro atoms. The summed E-state index contributed by atoms with van der Waals surface area (Å²) in [5.74, 6) is -0.309. The molecular formula is C27H25ClN2O4S2. The van der Waals surface area contributed by atoms with Gasteiger partial charge in [0.1, 0.15) is 5.01 Å². The predicted octanol–water partition coefficient (Wildman–Crippen LogP) is 5.96. The van der Waals surface area contributed by atoms with Crippen LogP contribution >= 0.6 is 22.9 Å². The molecular weight excluding hydrogens is 516 g/mol. The molecule has 4 rings (SSSR count). The standard InChI is InChI=1S/C27H25ClN2O4S2/c1-34-26(31)15-10-21-4-2-3-5-23(21)19-30(36(32,33)25-13-11-24(28)12-14-25)18-20-6-8-22(9-7-20)27-29-16-17-35-27/h2-9,11-14,16-17H,10,15,18-19H2,1H3. The molecule has 0 radical (unpaired) electrons. The van der Waals surface area contributed by atoms with E-state index < -0.39 is 10.0 Å². The molecule has 0 aliphatic rings. The first-order chi connectivity index (χ1) is 17.4. The zero-order valence-corrected chi connectivity index (χ0v) is 22.0. The first-order valence-corrected chi connectivity index (χ1v) is 13.9. The number of hydrogen-bond acceptors (Lipinski definition) is 6. The van der Waals surface area contributed by atoms with E-state index in [2.05, 4.69) is 4.98 Å². The van der Waals surface area contributed by atoms with Crippen molar-refractivity contribution < 1.29 is 17.9 Å². The maximum absolute atomic E-state index is 13.7. The fourth-order valence-electron chi connectivity index (χ4n) is 3.79. The summed E-state index contributed by atoms with van der Waals surface area (Å²) in [6, 6.07) is 21.5. The maximum atomic E-state index is 13.7. The van der Waals surface area contributed by atoms with Crippen LogP contribution in [0.15, 0.2) is 89.3 Å². The van der Waals surface area contributed by atoms with Crippen molar-refractivity contribution in [1.29, 1.82) is 0 Å². The number of aromatic nitrogens is 1. The molecule has 0 bridgehead atoms. The van der Waals surface area contributed by atoms with E-state index in [0.29, 0.717) is 11.4 Å². The molecule has 0 fully saturated rings. The summed E-state index contributed by atoms with van der Waals surface area (Å²) in [6.45, 7) is 0.324. The lowest BCUT2D eigenvalue weighted by Gasteiger charge is -2.24. The third kappa shape index (κ3) is 6.39. The Labute approximate surface area is 220 Å². The van der Waals surface area contributed by atoms with Crippen LogP contribution in [-0.4, -0.2) is 30.8 Å². The topological polar surface area (TPSA) is 76.6 Å². The molecule has 1 heterocycles. The first-order valence-electron chi connectivity index (χ1n) is 11.2. The zero-order chi connectivity index (χ0) is 25.5. The Hall–Kier alpha value is -3.04. The van der Waals surface area contributed by atoms with Crippen LogP contribution < -0.4 is 0 Å². The van der Waals surface area contributed by atoms with Gasteiger partial charge in [0.2, 0.25) is 10.0 Å². The van der Waals surface area contributed by atoms with Crippen LogP contribution in [0.3, 0.4) is 0 Å². The molecule has 0 saturated carbocycles. The largest absolute Gasteiger partial charge is 0.469 e. The van der Waals surface area contributed by atoms with E-state index in [1.165, 1.54) is 23.5 Å². The lowest BCUT2D eigenvalue weighted by Crippen LogP contribution is -2.30. The minimum atomic E-state index is -3.85. The number of hydrogen-bond donors (Lipinski definition) is 0. The molecule has 0 saturated heterocycles. The SMILES string of the molecule is COC(=O)CCc1ccccc1CN(Cc1ccc(-c2nccs2)cc1)S(=O)(=O)c1ccc(Cl)cc1. The molecule has 0 aliphatic carbocycles. The predicted molar refractivity (Wildman–Crippen MR) is 142 cm³/mol. The highest BCUT2D eigenvalue weighted by molar-refractivity contribution is 7.89. The lowest BCUT2D eigenvalue weighted by molar-refractivity contribution is -0.140. The highest BCUT2D eigenvalue weighted by Crippen LogP contribution is 2.26. The van der Waals surface area contributed by atoms with E-state index in [1.807, 2.05) is 53.9 Å². The Balaban J connectivity index is 1.65. The summed E-state index contributed by atoms with van der Waals surface area (Å²) in [5.41, 5.74) is 3.56. The summed E-state index contributed by atoms with van der Waals surface area (Å²) in [6.07, 6.45) is 2.43. The number of carbonyl (C=O) groups excluding carboxylic acids is 1. The van der Waals surface area contributed by atoms with Crippen LogP contribution in [0.25, 0.3) is 10.6 Å². The molecule has 9 heteroatoms. The summed E-state index contributed by atoms with van der Waals surface area (Å²) >= 11 is 7.55. The highest BCUT2D eigenvalue weighted by Gasteiger charge is 2.26. The number of esters is 1. The molecule has 0 unspecified atom stereocenters. The van der Waals surface area contributed by atoms with E-state index in [9.17, 15) is 13.2 Å². The van der Waals surface area contributed by atoms with Gasteiger partial charge in [-0.1, -0.05) is 60.1 Å². The number of thiazole rings is 1. The summed E-state index contributed by atoms with van der Waals surface area (Å²) < 4.78 is 33.7. The quantitative estimate of drug-likeness (QED) is 0.232. The normalized spacial score (nSPS) is 11.5. The average molecular weight is 541 g/mol. The lowest BCUT2D eigenvalue weighted by atomic mass is 10.0. The fourth-order valence-corrected chi connectivity index (χ4v) is 5.97. The second kappa shape index (κ2) is 11.8. The van der Waals surface area contributed by atoms with E-state index in [1.54, 1.807) is 29.7 Å². The number of sulfonamides is 1. The number of carbonyl (C=O) groups is 1. The number of ether oxygens (including phenoxy) is 1. The van der Waals surface area contributed by atoms with Crippen molar-refractivity contribution in [2.45, 2.75) is 30.8 Å². The van der Waals surface area contributed by atoms with Crippen LogP contribution in [0.5, 0.6) is 0 Å². The first kappa shape index (κ1) is 26.0. The van der Waals surface area contributed by atoms with Gasteiger partial charge in [-0.3, -0.25) is 4.79 Å². The number of methoxy groups -OCH3 is 1. The highest BCUT2D eigenvalue weighted by atomic mass is 35.5. The number of halogens is 1. The van der Waals surface area contributed by atoms with Crippen molar-refractivity contribution in [2.24, 2.45) is 0 Å². The van der Waals surface area contributed by atoms with Crippen molar-refractivity contribution in [1.82, 2.24) is 9.29 Å². The van der Waals surface area contributed by atoms with Gasteiger partial charge in [-0.2, -0.15) is 4.31 Å². The molecule has 3 aromatic carbocycles. The third-order valence-electron chi connectivity index (χ3n) is 5.73. The van der Waals surface area contributed by atoms with Crippen LogP contribution in [0.2, 0.25) is 5.02 Å². The minimum Gasteiger partial charge on any atom is -0.469 e. The molecule has 0 atom stereocenters. The van der Waals surface area contributed by atoms with Gasteiger partial charge in [-0.25, -0.2) is 13.4 Å². The van der Waals surface area contributed by atoms with Gasteiger partial charge in [0, 0.05) is 41.7 Å². The van der Waals surface area contributed by atoms with Crippen molar-refractivity contribution >= 4 is 38.9 Å². The van der Waals surface area contributed by atoms with E-state index in [4.69, 9.17) is 16.3 Å². The Morgan fingerprint density at radius 1 is 0.972 bits per heavy atom. The molecule has 36 heavy (non-hydrogen) atoms. The second-order valence-electron chi connectivity index (χ2n) is 8.11. The minimum absolute atomic E-state index is 0.149. The number of aryl methyl sites for hydroxylation is 1. The molecule has 4 aromatic rings. The number of rotatable bonds is 10. The number of benzene rings is 3. The Kier molecular flexibility index (Phi) is 8.53. The van der Waals surface area contributed by atoms with Crippen LogP contribution in [-0.2, 0) is 39.1 Å². The number of nitrogens with zero attached hydrogens (tertiary/aromatic N) is 2. The van der Waals surface area contributed by atoms with Crippen LogP contribution in [0, 0.1) is 0 Å². The Bertz CT molecular complexity index is 1410. The summed E-state index contributed by atoms with van der Waals surface area (Å²) in [5, 5.41) is 3.29. The van der Waals surface area contributed by atoms with Crippen molar-refractivity contribution in [3.8, 4) is 10.6 Å². The Morgan fingerprint density at radius 2 is 1.67 bits per heavy atom. The molecule has 6 nitrogen and oxygen atoms in total. The molecule has 1 aromatic heterocycles. The van der Waals surface area contributed by atoms with E-state index in [-0.39, 0.29) is 30.4 Å². The van der Waals surface area contributed by atoms with Gasteiger partial charge in [-0.05, 0) is 47.4 Å². The van der Waals surface area contributed by atoms with Crippen LogP contribution in [0.1, 0.15) is 23.1 Å². The van der Waals surface area contributed by atoms with Gasteiger partial charge in [0.05, 0.1) is 12.0 Å². The van der Waals surface area contributed by atoms with Crippen molar-refractivity contribution in [2.75, 3.05) is 7.11 Å². The smallest absolute Gasteiger partial charge is 0.305 e. The van der Waals surface area contributed by atoms with Gasteiger partial charge in [0.25, 0.3) is 0 Å². The zero-order valence-electron chi connectivity index (χ0n) is 19.6. The summed E-state index contributed by atoms with van der Waals surface area (Å²) in [4.78, 5) is 16.2. The van der Waals surface area contributed by atoms with Gasteiger partial charge < -0.3 is 4.74 Å². The van der Waals surface area contributed by atoms with E-state index >= 15 is 0 Å². The molecule has 186 valence electrons.